The monoisotopic (exact) mass is 432 g/mol. The number of benzene rings is 2. The number of rotatable bonds is 5. The quantitative estimate of drug-likeness (QED) is 0.284. The Morgan fingerprint density at radius 3 is 2.47 bits per heavy atom. The highest BCUT2D eigenvalue weighted by Gasteiger charge is 2.17. The smallest absolute Gasteiger partial charge is 0.267 e. The molecule has 0 fully saturated rings. The van der Waals surface area contributed by atoms with Gasteiger partial charge < -0.3 is 4.52 Å². The molecule has 6 nitrogen and oxygen atoms in total. The molecule has 30 heavy (non-hydrogen) atoms. The van der Waals surface area contributed by atoms with E-state index in [1.54, 1.807) is 11.5 Å². The fourth-order valence-electron chi connectivity index (χ4n) is 3.13. The van der Waals surface area contributed by atoms with Crippen LogP contribution in [0.5, 0.6) is 0 Å². The third-order valence-corrected chi connectivity index (χ3v) is 6.50. The summed E-state index contributed by atoms with van der Waals surface area (Å²) >= 11 is 2.92. The predicted molar refractivity (Wildman–Crippen MR) is 119 cm³/mol. The molecule has 5 rings (SSSR count). The van der Waals surface area contributed by atoms with Crippen LogP contribution < -0.4 is 5.56 Å². The molecule has 8 heteroatoms. The van der Waals surface area contributed by atoms with Crippen LogP contribution in [0.2, 0.25) is 0 Å². The van der Waals surface area contributed by atoms with Crippen LogP contribution in [0.4, 0.5) is 0 Å². The number of hydrogen-bond acceptors (Lipinski definition) is 7. The Kier molecular flexibility index (Phi) is 4.94. The second-order valence-electron chi connectivity index (χ2n) is 6.59. The van der Waals surface area contributed by atoms with Crippen molar-refractivity contribution in [3.05, 3.63) is 88.8 Å². The topological polar surface area (TPSA) is 73.8 Å². The first-order valence-electron chi connectivity index (χ1n) is 9.28. The number of thiophene rings is 1. The fraction of sp³-hybridized carbons (Fsp3) is 0.0909. The van der Waals surface area contributed by atoms with E-state index in [0.29, 0.717) is 28.0 Å². The van der Waals surface area contributed by atoms with Gasteiger partial charge in [-0.15, -0.1) is 11.3 Å². The Labute approximate surface area is 180 Å². The summed E-state index contributed by atoms with van der Waals surface area (Å²) in [6.45, 7) is 1.78. The minimum absolute atomic E-state index is 0.0890. The number of aryl methyl sites for hydroxylation is 1. The van der Waals surface area contributed by atoms with Crippen molar-refractivity contribution in [2.45, 2.75) is 17.8 Å². The average molecular weight is 433 g/mol. The molecular formula is C22H16N4O2S2. The Hall–Kier alpha value is -3.23. The first kappa shape index (κ1) is 18.8. The molecule has 0 saturated heterocycles. The molecule has 0 bridgehead atoms. The third-order valence-electron chi connectivity index (χ3n) is 4.50. The van der Waals surface area contributed by atoms with E-state index in [-0.39, 0.29) is 5.56 Å². The zero-order chi connectivity index (χ0) is 20.5. The fourth-order valence-corrected chi connectivity index (χ4v) is 5.06. The largest absolute Gasteiger partial charge is 0.338 e. The van der Waals surface area contributed by atoms with Gasteiger partial charge in [0.1, 0.15) is 4.83 Å². The average Bonchev–Trinajstić information content (AvgIpc) is 3.40. The molecule has 0 aliphatic rings. The number of hydrogen-bond donors (Lipinski definition) is 0. The van der Waals surface area contributed by atoms with Gasteiger partial charge in [0.2, 0.25) is 5.89 Å². The minimum Gasteiger partial charge on any atom is -0.338 e. The molecule has 5 aromatic rings. The van der Waals surface area contributed by atoms with Gasteiger partial charge in [0.15, 0.2) is 11.0 Å². The number of aromatic nitrogens is 4. The van der Waals surface area contributed by atoms with Crippen LogP contribution in [0.1, 0.15) is 11.7 Å². The van der Waals surface area contributed by atoms with Crippen molar-refractivity contribution in [3.63, 3.8) is 0 Å². The molecule has 3 aromatic heterocycles. The van der Waals surface area contributed by atoms with Crippen molar-refractivity contribution in [3.8, 4) is 16.1 Å². The Bertz CT molecular complexity index is 1380. The predicted octanol–water partition coefficient (Wildman–Crippen LogP) is 5.10. The van der Waals surface area contributed by atoms with Gasteiger partial charge in [-0.25, -0.2) is 4.98 Å². The highest BCUT2D eigenvalue weighted by molar-refractivity contribution is 7.98. The van der Waals surface area contributed by atoms with Crippen molar-refractivity contribution < 1.29 is 4.52 Å². The molecule has 0 atom stereocenters. The lowest BCUT2D eigenvalue weighted by Gasteiger charge is -2.11. The molecule has 0 aliphatic heterocycles. The highest BCUT2D eigenvalue weighted by atomic mass is 32.2. The van der Waals surface area contributed by atoms with Crippen molar-refractivity contribution in [2.24, 2.45) is 0 Å². The Morgan fingerprint density at radius 1 is 1.03 bits per heavy atom. The summed E-state index contributed by atoms with van der Waals surface area (Å²) in [5.41, 5.74) is 1.75. The second-order valence-corrected chi connectivity index (χ2v) is 8.56. The Balaban J connectivity index is 1.65. The summed E-state index contributed by atoms with van der Waals surface area (Å²) in [7, 11) is 0. The number of fused-ring (bicyclic) bond motifs is 1. The maximum Gasteiger partial charge on any atom is 0.267 e. The van der Waals surface area contributed by atoms with E-state index in [2.05, 4.69) is 10.1 Å². The van der Waals surface area contributed by atoms with Crippen LogP contribution in [-0.4, -0.2) is 19.7 Å². The van der Waals surface area contributed by atoms with Crippen molar-refractivity contribution in [2.75, 3.05) is 0 Å². The summed E-state index contributed by atoms with van der Waals surface area (Å²) in [5, 5.41) is 5.03. The molecule has 3 heterocycles. The van der Waals surface area contributed by atoms with Crippen LogP contribution in [-0.2, 0) is 5.75 Å². The summed E-state index contributed by atoms with van der Waals surface area (Å²) < 4.78 is 6.87. The molecule has 0 unspecified atom stereocenters. The van der Waals surface area contributed by atoms with Gasteiger partial charge >= 0.3 is 0 Å². The molecule has 0 saturated carbocycles. The van der Waals surface area contributed by atoms with Crippen molar-refractivity contribution in [1.29, 1.82) is 0 Å². The van der Waals surface area contributed by atoms with Crippen LogP contribution in [0.25, 0.3) is 26.3 Å². The maximum absolute atomic E-state index is 13.5. The molecular weight excluding hydrogens is 416 g/mol. The van der Waals surface area contributed by atoms with Gasteiger partial charge in [-0.05, 0) is 30.7 Å². The summed E-state index contributed by atoms with van der Waals surface area (Å²) in [5.74, 6) is 1.52. The van der Waals surface area contributed by atoms with Crippen molar-refractivity contribution in [1.82, 2.24) is 19.7 Å². The lowest BCUT2D eigenvalue weighted by Crippen LogP contribution is -2.21. The van der Waals surface area contributed by atoms with E-state index in [0.717, 1.165) is 21.0 Å². The van der Waals surface area contributed by atoms with Gasteiger partial charge in [-0.1, -0.05) is 65.4 Å². The molecule has 0 amide bonds. The summed E-state index contributed by atoms with van der Waals surface area (Å²) in [4.78, 5) is 24.3. The van der Waals surface area contributed by atoms with E-state index in [4.69, 9.17) is 9.51 Å². The molecule has 2 aromatic carbocycles. The van der Waals surface area contributed by atoms with Gasteiger partial charge in [-0.3, -0.25) is 9.36 Å². The first-order chi connectivity index (χ1) is 14.7. The van der Waals surface area contributed by atoms with Gasteiger partial charge in [0, 0.05) is 4.88 Å². The van der Waals surface area contributed by atoms with Crippen molar-refractivity contribution >= 4 is 33.3 Å². The second kappa shape index (κ2) is 7.89. The third kappa shape index (κ3) is 3.55. The Morgan fingerprint density at radius 2 is 1.77 bits per heavy atom. The number of thioether (sulfide) groups is 1. The van der Waals surface area contributed by atoms with E-state index in [9.17, 15) is 4.79 Å². The molecule has 0 radical (unpaired) electrons. The normalized spacial score (nSPS) is 11.2. The van der Waals surface area contributed by atoms with E-state index >= 15 is 0 Å². The standard InChI is InChI=1S/C22H16N4O2S2/c1-14-23-19(28-25-14)13-29-22-24-20-17(12-18(30-20)15-8-4-2-5-9-15)21(27)26(22)16-10-6-3-7-11-16/h2-12H,13H2,1H3. The summed E-state index contributed by atoms with van der Waals surface area (Å²) in [6, 6.07) is 21.5. The first-order valence-corrected chi connectivity index (χ1v) is 11.1. The van der Waals surface area contributed by atoms with Crippen LogP contribution in [0, 0.1) is 6.92 Å². The zero-order valence-electron chi connectivity index (χ0n) is 16.0. The highest BCUT2D eigenvalue weighted by Crippen LogP contribution is 2.33. The minimum atomic E-state index is -0.0890. The molecule has 0 aliphatic carbocycles. The van der Waals surface area contributed by atoms with Gasteiger partial charge in [0.05, 0.1) is 16.8 Å². The van der Waals surface area contributed by atoms with Crippen LogP contribution >= 0.6 is 23.1 Å². The molecule has 0 spiro atoms. The van der Waals surface area contributed by atoms with Crippen LogP contribution in [0.3, 0.4) is 0 Å². The summed E-state index contributed by atoms with van der Waals surface area (Å²) in [6.07, 6.45) is 0. The van der Waals surface area contributed by atoms with E-state index in [1.165, 1.54) is 23.1 Å². The number of nitrogens with zero attached hydrogens (tertiary/aromatic N) is 4. The maximum atomic E-state index is 13.5. The van der Waals surface area contributed by atoms with Gasteiger partial charge in [0.25, 0.3) is 5.56 Å². The van der Waals surface area contributed by atoms with Gasteiger partial charge in [-0.2, -0.15) is 4.98 Å². The lowest BCUT2D eigenvalue weighted by atomic mass is 10.2. The SMILES string of the molecule is Cc1noc(CSc2nc3sc(-c4ccccc4)cc3c(=O)n2-c2ccccc2)n1. The lowest BCUT2D eigenvalue weighted by molar-refractivity contribution is 0.387. The molecule has 0 N–H and O–H groups in total. The number of para-hydroxylation sites is 1. The van der Waals surface area contributed by atoms with E-state index < -0.39 is 0 Å². The van der Waals surface area contributed by atoms with E-state index in [1.807, 2.05) is 66.7 Å². The van der Waals surface area contributed by atoms with Crippen LogP contribution in [0.15, 0.2) is 81.2 Å². The zero-order valence-corrected chi connectivity index (χ0v) is 17.6. The molecule has 148 valence electrons.